The van der Waals surface area contributed by atoms with Crippen molar-refractivity contribution in [2.45, 2.75) is 70.6 Å². The van der Waals surface area contributed by atoms with E-state index in [0.717, 1.165) is 12.5 Å². The minimum absolute atomic E-state index is 0.168. The molecule has 2 atom stereocenters. The Bertz CT molecular complexity index is 600. The van der Waals surface area contributed by atoms with Crippen molar-refractivity contribution in [3.8, 4) is 0 Å². The Kier molecular flexibility index (Phi) is 6.20. The number of rotatable bonds is 6. The summed E-state index contributed by atoms with van der Waals surface area (Å²) >= 11 is 0. The average Bonchev–Trinajstić information content (AvgIpc) is 2.88. The molecule has 1 aliphatic rings. The fourth-order valence-electron chi connectivity index (χ4n) is 3.51. The smallest absolute Gasteiger partial charge is 0.192 e. The largest absolute Gasteiger partial charge is 0.413 e. The van der Waals surface area contributed by atoms with Crippen LogP contribution in [0.4, 0.5) is 0 Å². The predicted molar refractivity (Wildman–Crippen MR) is 114 cm³/mol. The fraction of sp³-hybridized carbons (Fsp3) is 0.619. The molecule has 0 spiro atoms. The van der Waals surface area contributed by atoms with Gasteiger partial charge in [0.15, 0.2) is 8.32 Å². The number of hydrogen-bond acceptors (Lipinski definition) is 2. The summed E-state index contributed by atoms with van der Waals surface area (Å²) in [5.74, 6) is 0.362. The van der Waals surface area contributed by atoms with Crippen LogP contribution in [0.2, 0.25) is 37.3 Å². The highest BCUT2D eigenvalue weighted by molar-refractivity contribution is 6.89. The van der Waals surface area contributed by atoms with E-state index in [0.29, 0.717) is 5.92 Å². The van der Waals surface area contributed by atoms with E-state index in [9.17, 15) is 5.11 Å². The van der Waals surface area contributed by atoms with Gasteiger partial charge >= 0.3 is 0 Å². The number of benzene rings is 1. The first-order chi connectivity index (χ1) is 11.5. The van der Waals surface area contributed by atoms with E-state index >= 15 is 0 Å². The maximum Gasteiger partial charge on any atom is 0.192 e. The molecule has 0 aromatic heterocycles. The molecule has 1 aromatic rings. The second-order valence-corrected chi connectivity index (χ2v) is 19.2. The van der Waals surface area contributed by atoms with Crippen molar-refractivity contribution in [1.82, 2.24) is 0 Å². The minimum atomic E-state index is -1.81. The first kappa shape index (κ1) is 20.6. The monoisotopic (exact) mass is 376 g/mol. The van der Waals surface area contributed by atoms with Crippen molar-refractivity contribution in [2.75, 3.05) is 6.61 Å². The summed E-state index contributed by atoms with van der Waals surface area (Å²) in [6.45, 7) is 16.6. The Labute approximate surface area is 156 Å². The molecule has 25 heavy (non-hydrogen) atoms. The average molecular weight is 377 g/mol. The Morgan fingerprint density at radius 1 is 1.08 bits per heavy atom. The van der Waals surface area contributed by atoms with Crippen LogP contribution in [0.25, 0.3) is 0 Å². The van der Waals surface area contributed by atoms with Gasteiger partial charge in [-0.05, 0) is 36.2 Å². The zero-order valence-electron chi connectivity index (χ0n) is 17.1. The molecular formula is C21H36O2Si2. The summed E-state index contributed by atoms with van der Waals surface area (Å²) in [4.78, 5) is 0. The van der Waals surface area contributed by atoms with Crippen molar-refractivity contribution in [3.05, 3.63) is 42.0 Å². The van der Waals surface area contributed by atoms with E-state index in [1.54, 1.807) is 0 Å². The molecule has 2 nitrogen and oxygen atoms in total. The summed E-state index contributed by atoms with van der Waals surface area (Å²) < 4.78 is 6.79. The molecule has 0 saturated carbocycles. The molecule has 140 valence electrons. The lowest BCUT2D eigenvalue weighted by molar-refractivity contribution is 0.149. The molecule has 2 rings (SSSR count). The first-order valence-corrected chi connectivity index (χ1v) is 15.6. The zero-order valence-corrected chi connectivity index (χ0v) is 19.1. The van der Waals surface area contributed by atoms with Crippen LogP contribution in [0.1, 0.15) is 27.2 Å². The molecule has 0 bridgehead atoms. The van der Waals surface area contributed by atoms with Crippen LogP contribution in [0.3, 0.4) is 0 Å². The van der Waals surface area contributed by atoms with Gasteiger partial charge in [-0.1, -0.05) is 75.5 Å². The highest BCUT2D eigenvalue weighted by Crippen LogP contribution is 2.42. The lowest BCUT2D eigenvalue weighted by atomic mass is 10.0. The van der Waals surface area contributed by atoms with Crippen molar-refractivity contribution in [3.63, 3.8) is 0 Å². The summed E-state index contributed by atoms with van der Waals surface area (Å²) in [6.07, 6.45) is 3.42. The SMILES string of the molecule is CC(C)(C)[Si](C)(C)O[C@H]1CC=C(CO)C1C[Si](C)(C)c1ccccc1. The van der Waals surface area contributed by atoms with Crippen LogP contribution in [0, 0.1) is 5.92 Å². The van der Waals surface area contributed by atoms with Gasteiger partial charge in [0, 0.05) is 5.92 Å². The summed E-state index contributed by atoms with van der Waals surface area (Å²) in [5.41, 5.74) is 1.19. The molecule has 4 heteroatoms. The molecule has 1 aromatic carbocycles. The second kappa shape index (κ2) is 7.51. The number of hydrogen-bond donors (Lipinski definition) is 1. The third-order valence-corrected chi connectivity index (χ3v) is 14.1. The summed E-state index contributed by atoms with van der Waals surface area (Å²) in [5, 5.41) is 11.6. The number of aliphatic hydroxyl groups excluding tert-OH is 1. The fourth-order valence-corrected chi connectivity index (χ4v) is 7.83. The van der Waals surface area contributed by atoms with Crippen molar-refractivity contribution >= 4 is 21.6 Å². The van der Waals surface area contributed by atoms with E-state index in [1.807, 2.05) is 0 Å². The summed E-state index contributed by atoms with van der Waals surface area (Å²) in [6, 6.07) is 12.1. The molecule has 0 amide bonds. The van der Waals surface area contributed by atoms with Gasteiger partial charge in [0.2, 0.25) is 0 Å². The quantitative estimate of drug-likeness (QED) is 0.563. The van der Waals surface area contributed by atoms with Crippen LogP contribution in [-0.4, -0.2) is 34.2 Å². The molecule has 0 fully saturated rings. The van der Waals surface area contributed by atoms with Gasteiger partial charge in [-0.2, -0.15) is 0 Å². The van der Waals surface area contributed by atoms with Gasteiger partial charge < -0.3 is 9.53 Å². The van der Waals surface area contributed by atoms with Gasteiger partial charge in [-0.15, -0.1) is 0 Å². The predicted octanol–water partition coefficient (Wildman–Crippen LogP) is 4.93. The first-order valence-electron chi connectivity index (χ1n) is 9.51. The van der Waals surface area contributed by atoms with E-state index in [-0.39, 0.29) is 17.7 Å². The highest BCUT2D eigenvalue weighted by atomic mass is 28.4. The standard InChI is InChI=1S/C21H36O2Si2/c1-21(2,3)25(6,7)23-20-14-13-17(15-22)19(20)16-24(4,5)18-11-9-8-10-12-18/h8-13,19-20,22H,14-16H2,1-7H3/t19?,20-/m0/s1. The lowest BCUT2D eigenvalue weighted by Gasteiger charge is -2.41. The number of aliphatic hydroxyl groups is 1. The Balaban J connectivity index is 2.21. The van der Waals surface area contributed by atoms with Gasteiger partial charge in [0.05, 0.1) is 20.8 Å². The Morgan fingerprint density at radius 2 is 1.68 bits per heavy atom. The molecule has 1 aliphatic carbocycles. The van der Waals surface area contributed by atoms with Crippen LogP contribution >= 0.6 is 0 Å². The van der Waals surface area contributed by atoms with E-state index in [4.69, 9.17) is 4.43 Å². The van der Waals surface area contributed by atoms with Crippen LogP contribution in [0.5, 0.6) is 0 Å². The Hall–Kier alpha value is -0.686. The molecule has 0 saturated heterocycles. The molecule has 0 radical (unpaired) electrons. The van der Waals surface area contributed by atoms with Crippen molar-refractivity contribution in [1.29, 1.82) is 0 Å². The minimum Gasteiger partial charge on any atom is -0.413 e. The van der Waals surface area contributed by atoms with Crippen LogP contribution in [-0.2, 0) is 4.43 Å². The highest BCUT2D eigenvalue weighted by Gasteiger charge is 2.43. The molecule has 1 unspecified atom stereocenters. The van der Waals surface area contributed by atoms with E-state index in [2.05, 4.69) is 83.4 Å². The molecular weight excluding hydrogens is 340 g/mol. The van der Waals surface area contributed by atoms with E-state index < -0.39 is 16.4 Å². The van der Waals surface area contributed by atoms with Crippen molar-refractivity contribution in [2.24, 2.45) is 5.92 Å². The molecule has 0 aliphatic heterocycles. The van der Waals surface area contributed by atoms with E-state index in [1.165, 1.54) is 10.8 Å². The van der Waals surface area contributed by atoms with Crippen LogP contribution in [0.15, 0.2) is 42.0 Å². The van der Waals surface area contributed by atoms with Gasteiger partial charge in [-0.3, -0.25) is 0 Å². The normalized spacial score (nSPS) is 22.2. The van der Waals surface area contributed by atoms with Gasteiger partial charge in [0.25, 0.3) is 0 Å². The second-order valence-electron chi connectivity index (χ2n) is 9.65. The summed E-state index contributed by atoms with van der Waals surface area (Å²) in [7, 11) is -3.39. The lowest BCUT2D eigenvalue weighted by Crippen LogP contribution is -2.48. The third kappa shape index (κ3) is 4.73. The van der Waals surface area contributed by atoms with Gasteiger partial charge in [0.1, 0.15) is 0 Å². The molecule has 0 heterocycles. The van der Waals surface area contributed by atoms with Gasteiger partial charge in [-0.25, -0.2) is 0 Å². The zero-order chi connectivity index (χ0) is 18.9. The topological polar surface area (TPSA) is 29.5 Å². The van der Waals surface area contributed by atoms with Crippen LogP contribution < -0.4 is 5.19 Å². The maximum absolute atomic E-state index is 9.88. The van der Waals surface area contributed by atoms with Crippen molar-refractivity contribution < 1.29 is 9.53 Å². The Morgan fingerprint density at radius 3 is 2.20 bits per heavy atom. The third-order valence-electron chi connectivity index (χ3n) is 6.26. The maximum atomic E-state index is 9.88. The molecule has 1 N–H and O–H groups in total.